The lowest BCUT2D eigenvalue weighted by Gasteiger charge is -2.42. The Labute approximate surface area is 112 Å². The Bertz CT molecular complexity index is 387. The minimum atomic E-state index is -0.402. The zero-order chi connectivity index (χ0) is 13.4. The molecule has 6 nitrogen and oxygen atoms in total. The molecule has 0 aromatic carbocycles. The van der Waals surface area contributed by atoms with Crippen molar-refractivity contribution in [2.45, 2.75) is 43.9 Å². The second kappa shape index (κ2) is 5.09. The summed E-state index contributed by atoms with van der Waals surface area (Å²) in [4.78, 5) is 25.6. The molecule has 3 N–H and O–H groups in total. The number of carbonyl (C=O) groups is 2. The van der Waals surface area contributed by atoms with Gasteiger partial charge in [-0.25, -0.2) is 0 Å². The molecule has 0 saturated carbocycles. The van der Waals surface area contributed by atoms with Gasteiger partial charge in [0.05, 0.1) is 12.1 Å². The quantitative estimate of drug-likeness (QED) is 0.559. The van der Waals surface area contributed by atoms with Crippen LogP contribution in [0.2, 0.25) is 0 Å². The predicted octanol–water partition coefficient (Wildman–Crippen LogP) is -1.16. The third-order valence-corrected chi connectivity index (χ3v) is 4.54. The van der Waals surface area contributed by atoms with Gasteiger partial charge in [0, 0.05) is 32.1 Å². The number of hydrogen-bond donors (Lipinski definition) is 3. The maximum Gasteiger partial charge on any atom is 0.239 e. The van der Waals surface area contributed by atoms with E-state index in [9.17, 15) is 14.7 Å². The monoisotopic (exact) mass is 267 g/mol. The average molecular weight is 267 g/mol. The Morgan fingerprint density at radius 3 is 2.95 bits per heavy atom. The Morgan fingerprint density at radius 2 is 2.21 bits per heavy atom. The van der Waals surface area contributed by atoms with Gasteiger partial charge >= 0.3 is 0 Å². The molecule has 106 valence electrons. The molecule has 3 aliphatic rings. The highest BCUT2D eigenvalue weighted by atomic mass is 16.3. The first-order valence-electron chi connectivity index (χ1n) is 7.13. The lowest BCUT2D eigenvalue weighted by Crippen LogP contribution is -2.57. The minimum Gasteiger partial charge on any atom is -0.392 e. The first-order chi connectivity index (χ1) is 9.13. The van der Waals surface area contributed by atoms with Gasteiger partial charge in [-0.15, -0.1) is 0 Å². The van der Waals surface area contributed by atoms with Gasteiger partial charge in [-0.2, -0.15) is 0 Å². The molecule has 0 spiro atoms. The smallest absolute Gasteiger partial charge is 0.239 e. The van der Waals surface area contributed by atoms with Crippen LogP contribution in [0.3, 0.4) is 0 Å². The van der Waals surface area contributed by atoms with Gasteiger partial charge in [0.2, 0.25) is 11.8 Å². The molecule has 0 aromatic heterocycles. The highest BCUT2D eigenvalue weighted by molar-refractivity contribution is 5.82. The number of fused-ring (bicyclic) bond motifs is 1. The number of aliphatic hydroxyl groups excluding tert-OH is 1. The fraction of sp³-hybridized carbons (Fsp3) is 0.846. The van der Waals surface area contributed by atoms with E-state index in [0.717, 1.165) is 19.4 Å². The van der Waals surface area contributed by atoms with Crippen LogP contribution < -0.4 is 10.6 Å². The molecule has 6 heteroatoms. The summed E-state index contributed by atoms with van der Waals surface area (Å²) in [5.41, 5.74) is 0. The molecule has 3 aliphatic heterocycles. The number of piperidine rings is 2. The maximum atomic E-state index is 12.3. The largest absolute Gasteiger partial charge is 0.392 e. The van der Waals surface area contributed by atoms with Gasteiger partial charge in [-0.05, 0) is 25.2 Å². The van der Waals surface area contributed by atoms with Crippen LogP contribution in [0.15, 0.2) is 0 Å². The Morgan fingerprint density at radius 1 is 1.37 bits per heavy atom. The van der Waals surface area contributed by atoms with Crippen LogP contribution in [0.25, 0.3) is 0 Å². The van der Waals surface area contributed by atoms with E-state index in [1.807, 2.05) is 4.90 Å². The van der Waals surface area contributed by atoms with E-state index in [4.69, 9.17) is 0 Å². The number of rotatable bonds is 1. The number of β-amino-alcohol motifs (C(OH)–C–C–N with tert-alkyl or cyclic N) is 1. The number of aliphatic hydroxyl groups is 1. The average Bonchev–Trinajstić information content (AvgIpc) is 2.84. The molecule has 19 heavy (non-hydrogen) atoms. The Hall–Kier alpha value is -1.14. The van der Waals surface area contributed by atoms with Crippen molar-refractivity contribution in [3.63, 3.8) is 0 Å². The van der Waals surface area contributed by atoms with Crippen molar-refractivity contribution in [2.75, 3.05) is 19.6 Å². The molecule has 4 unspecified atom stereocenters. The van der Waals surface area contributed by atoms with Crippen molar-refractivity contribution in [3.05, 3.63) is 0 Å². The first kappa shape index (κ1) is 12.9. The van der Waals surface area contributed by atoms with Gasteiger partial charge in [-0.3, -0.25) is 9.59 Å². The van der Waals surface area contributed by atoms with Crippen molar-refractivity contribution in [3.8, 4) is 0 Å². The fourth-order valence-electron chi connectivity index (χ4n) is 3.44. The van der Waals surface area contributed by atoms with Gasteiger partial charge in [0.1, 0.15) is 0 Å². The van der Waals surface area contributed by atoms with E-state index >= 15 is 0 Å². The fourth-order valence-corrected chi connectivity index (χ4v) is 3.44. The summed E-state index contributed by atoms with van der Waals surface area (Å²) in [5.74, 6) is 0.634. The molecule has 2 amide bonds. The highest BCUT2D eigenvalue weighted by Gasteiger charge is 2.38. The highest BCUT2D eigenvalue weighted by Crippen LogP contribution is 2.26. The number of hydrogen-bond acceptors (Lipinski definition) is 4. The van der Waals surface area contributed by atoms with Gasteiger partial charge in [0.25, 0.3) is 0 Å². The summed E-state index contributed by atoms with van der Waals surface area (Å²) in [6.45, 7) is 1.94. The van der Waals surface area contributed by atoms with Gasteiger partial charge in [0.15, 0.2) is 0 Å². The molecular formula is C13H21N3O3. The van der Waals surface area contributed by atoms with Crippen LogP contribution in [0.1, 0.15) is 25.7 Å². The lowest BCUT2D eigenvalue weighted by molar-refractivity contribution is -0.136. The summed E-state index contributed by atoms with van der Waals surface area (Å²) in [6.07, 6.45) is 2.41. The molecule has 0 aromatic rings. The molecule has 3 fully saturated rings. The van der Waals surface area contributed by atoms with Gasteiger partial charge < -0.3 is 20.6 Å². The van der Waals surface area contributed by atoms with E-state index < -0.39 is 6.10 Å². The second-order valence-electron chi connectivity index (χ2n) is 5.90. The summed E-state index contributed by atoms with van der Waals surface area (Å²) < 4.78 is 0. The van der Waals surface area contributed by atoms with Crippen molar-refractivity contribution in [1.29, 1.82) is 0 Å². The summed E-state index contributed by atoms with van der Waals surface area (Å²) in [7, 11) is 0. The van der Waals surface area contributed by atoms with E-state index in [2.05, 4.69) is 10.6 Å². The first-order valence-corrected chi connectivity index (χ1v) is 7.13. The van der Waals surface area contributed by atoms with Crippen LogP contribution in [0, 0.1) is 5.92 Å². The second-order valence-corrected chi connectivity index (χ2v) is 5.90. The standard InChI is InChI=1S/C13H21N3O3/c17-9-5-11(14-6-9)13(19)16-4-3-10-8(7-16)1-2-12(18)15-10/h8-11,14,17H,1-7H2,(H,15,18). The summed E-state index contributed by atoms with van der Waals surface area (Å²) in [6, 6.07) is 0.0113. The van der Waals surface area contributed by atoms with Crippen LogP contribution in [0.4, 0.5) is 0 Å². The molecule has 0 aliphatic carbocycles. The third-order valence-electron chi connectivity index (χ3n) is 4.54. The normalized spacial score (nSPS) is 38.8. The third kappa shape index (κ3) is 2.60. The van der Waals surface area contributed by atoms with Crippen LogP contribution in [-0.4, -0.2) is 59.6 Å². The van der Waals surface area contributed by atoms with E-state index in [-0.39, 0.29) is 23.9 Å². The number of carbonyl (C=O) groups excluding carboxylic acids is 2. The van der Waals surface area contributed by atoms with Crippen LogP contribution in [0.5, 0.6) is 0 Å². The summed E-state index contributed by atoms with van der Waals surface area (Å²) >= 11 is 0. The van der Waals surface area contributed by atoms with Crippen molar-refractivity contribution in [1.82, 2.24) is 15.5 Å². The predicted molar refractivity (Wildman–Crippen MR) is 68.3 cm³/mol. The van der Waals surface area contributed by atoms with Crippen LogP contribution in [-0.2, 0) is 9.59 Å². The van der Waals surface area contributed by atoms with Gasteiger partial charge in [-0.1, -0.05) is 0 Å². The molecule has 3 rings (SSSR count). The topological polar surface area (TPSA) is 81.7 Å². The molecule has 0 bridgehead atoms. The van der Waals surface area contributed by atoms with Crippen molar-refractivity contribution < 1.29 is 14.7 Å². The lowest BCUT2D eigenvalue weighted by atomic mass is 9.85. The zero-order valence-corrected chi connectivity index (χ0v) is 11.0. The molecule has 0 radical (unpaired) electrons. The van der Waals surface area contributed by atoms with Crippen molar-refractivity contribution in [2.24, 2.45) is 5.92 Å². The van der Waals surface area contributed by atoms with E-state index in [1.54, 1.807) is 0 Å². The molecule has 3 saturated heterocycles. The summed E-state index contributed by atoms with van der Waals surface area (Å²) in [5, 5.41) is 15.6. The Balaban J connectivity index is 1.58. The number of nitrogens with one attached hydrogen (secondary N) is 2. The number of amides is 2. The Kier molecular flexibility index (Phi) is 3.45. The van der Waals surface area contributed by atoms with E-state index in [1.165, 1.54) is 0 Å². The minimum absolute atomic E-state index is 0.104. The SMILES string of the molecule is O=C1CCC2CN(C(=O)C3CC(O)CN3)CCC2N1. The molecule has 3 heterocycles. The molecule has 4 atom stereocenters. The van der Waals surface area contributed by atoms with E-state index in [0.29, 0.717) is 31.8 Å². The zero-order valence-electron chi connectivity index (χ0n) is 11.0. The van der Waals surface area contributed by atoms with Crippen LogP contribution >= 0.6 is 0 Å². The molecular weight excluding hydrogens is 246 g/mol. The maximum absolute atomic E-state index is 12.3. The number of nitrogens with zero attached hydrogens (tertiary/aromatic N) is 1. The van der Waals surface area contributed by atoms with Crippen molar-refractivity contribution >= 4 is 11.8 Å². The number of likely N-dealkylation sites (tertiary alicyclic amines) is 1.